The molecule has 0 aliphatic heterocycles. The Balaban J connectivity index is 1.95. The quantitative estimate of drug-likeness (QED) is 0.861. The first-order chi connectivity index (χ1) is 9.17. The molecule has 1 amide bonds. The largest absolute Gasteiger partial charge is 0.326 e. The second-order valence-corrected chi connectivity index (χ2v) is 4.96. The van der Waals surface area contributed by atoms with Gasteiger partial charge in [0.1, 0.15) is 5.82 Å². The Bertz CT molecular complexity index is 551. The molecule has 0 aliphatic carbocycles. The van der Waals surface area contributed by atoms with Gasteiger partial charge in [-0.1, -0.05) is 12.1 Å². The zero-order valence-electron chi connectivity index (χ0n) is 10.5. The molecule has 0 unspecified atom stereocenters. The van der Waals surface area contributed by atoms with Crippen molar-refractivity contribution in [3.63, 3.8) is 0 Å². The van der Waals surface area contributed by atoms with E-state index in [9.17, 15) is 9.18 Å². The van der Waals surface area contributed by atoms with Crippen LogP contribution < -0.4 is 5.32 Å². The molecule has 2 aromatic rings. The number of amides is 1. The number of benzene rings is 2. The van der Waals surface area contributed by atoms with Crippen molar-refractivity contribution in [2.45, 2.75) is 11.3 Å². The lowest BCUT2D eigenvalue weighted by Gasteiger charge is -2.05. The molecule has 0 aliphatic rings. The van der Waals surface area contributed by atoms with E-state index in [-0.39, 0.29) is 11.7 Å². The summed E-state index contributed by atoms with van der Waals surface area (Å²) in [5, 5.41) is 2.74. The normalized spacial score (nSPS) is 10.2. The molecule has 0 saturated carbocycles. The van der Waals surface area contributed by atoms with Gasteiger partial charge in [0.05, 0.1) is 6.42 Å². The third-order valence-corrected chi connectivity index (χ3v) is 3.40. The van der Waals surface area contributed by atoms with Gasteiger partial charge in [0, 0.05) is 10.6 Å². The van der Waals surface area contributed by atoms with E-state index in [4.69, 9.17) is 0 Å². The second-order valence-electron chi connectivity index (χ2n) is 4.08. The number of nitrogens with one attached hydrogen (secondary N) is 1. The highest BCUT2D eigenvalue weighted by Gasteiger charge is 2.04. The molecule has 0 spiro atoms. The van der Waals surface area contributed by atoms with Gasteiger partial charge in [0.25, 0.3) is 0 Å². The minimum Gasteiger partial charge on any atom is -0.326 e. The molecule has 19 heavy (non-hydrogen) atoms. The van der Waals surface area contributed by atoms with Crippen molar-refractivity contribution < 1.29 is 9.18 Å². The average molecular weight is 275 g/mol. The fourth-order valence-electron chi connectivity index (χ4n) is 1.67. The van der Waals surface area contributed by atoms with Crippen LogP contribution in [0.3, 0.4) is 0 Å². The summed E-state index contributed by atoms with van der Waals surface area (Å²) in [4.78, 5) is 13.0. The van der Waals surface area contributed by atoms with Gasteiger partial charge in [-0.05, 0) is 48.2 Å². The maximum Gasteiger partial charge on any atom is 0.228 e. The van der Waals surface area contributed by atoms with Crippen molar-refractivity contribution in [3.05, 3.63) is 59.9 Å². The number of rotatable bonds is 4. The maximum absolute atomic E-state index is 12.7. The summed E-state index contributed by atoms with van der Waals surface area (Å²) in [5.41, 5.74) is 1.56. The van der Waals surface area contributed by atoms with Crippen molar-refractivity contribution in [2.24, 2.45) is 0 Å². The molecule has 2 rings (SSSR count). The SMILES string of the molecule is CSc1ccc(CC(=O)Nc2ccc(F)cc2)cc1. The zero-order valence-corrected chi connectivity index (χ0v) is 11.3. The van der Waals surface area contributed by atoms with Gasteiger partial charge in [-0.2, -0.15) is 0 Å². The third kappa shape index (κ3) is 4.10. The molecule has 0 heterocycles. The van der Waals surface area contributed by atoms with Crippen LogP contribution in [0.25, 0.3) is 0 Å². The lowest BCUT2D eigenvalue weighted by molar-refractivity contribution is -0.115. The van der Waals surface area contributed by atoms with E-state index >= 15 is 0 Å². The molecular weight excluding hydrogens is 261 g/mol. The number of halogens is 1. The van der Waals surface area contributed by atoms with Crippen LogP contribution in [0.4, 0.5) is 10.1 Å². The smallest absolute Gasteiger partial charge is 0.228 e. The van der Waals surface area contributed by atoms with Crippen molar-refractivity contribution in [1.29, 1.82) is 0 Å². The number of hydrogen-bond donors (Lipinski definition) is 1. The van der Waals surface area contributed by atoms with Gasteiger partial charge in [-0.15, -0.1) is 11.8 Å². The van der Waals surface area contributed by atoms with E-state index in [1.54, 1.807) is 23.9 Å². The van der Waals surface area contributed by atoms with Gasteiger partial charge in [0.2, 0.25) is 5.91 Å². The minimum atomic E-state index is -0.314. The number of thioether (sulfide) groups is 1. The Morgan fingerprint density at radius 2 is 1.74 bits per heavy atom. The van der Waals surface area contributed by atoms with Gasteiger partial charge in [-0.25, -0.2) is 4.39 Å². The van der Waals surface area contributed by atoms with Crippen LogP contribution in [0.15, 0.2) is 53.4 Å². The Morgan fingerprint density at radius 3 is 2.32 bits per heavy atom. The Labute approximate surface area is 116 Å². The molecule has 1 N–H and O–H groups in total. The third-order valence-electron chi connectivity index (χ3n) is 2.65. The molecule has 0 radical (unpaired) electrons. The van der Waals surface area contributed by atoms with Crippen LogP contribution in [-0.2, 0) is 11.2 Å². The highest BCUT2D eigenvalue weighted by atomic mass is 32.2. The summed E-state index contributed by atoms with van der Waals surface area (Å²) in [6.07, 6.45) is 2.32. The summed E-state index contributed by atoms with van der Waals surface area (Å²) in [7, 11) is 0. The molecule has 0 aromatic heterocycles. The monoisotopic (exact) mass is 275 g/mol. The Hall–Kier alpha value is -1.81. The van der Waals surface area contributed by atoms with E-state index in [2.05, 4.69) is 5.32 Å². The highest BCUT2D eigenvalue weighted by molar-refractivity contribution is 7.98. The van der Waals surface area contributed by atoms with Crippen molar-refractivity contribution in [2.75, 3.05) is 11.6 Å². The highest BCUT2D eigenvalue weighted by Crippen LogP contribution is 2.15. The first kappa shape index (κ1) is 13.6. The van der Waals surface area contributed by atoms with Crippen LogP contribution in [0, 0.1) is 5.82 Å². The minimum absolute atomic E-state index is 0.108. The van der Waals surface area contributed by atoms with Crippen LogP contribution in [0.2, 0.25) is 0 Å². The molecular formula is C15H14FNOS. The van der Waals surface area contributed by atoms with Crippen LogP contribution in [0.1, 0.15) is 5.56 Å². The predicted molar refractivity (Wildman–Crippen MR) is 77.0 cm³/mol. The summed E-state index contributed by atoms with van der Waals surface area (Å²) in [6, 6.07) is 13.6. The van der Waals surface area contributed by atoms with Gasteiger partial charge >= 0.3 is 0 Å². The van der Waals surface area contributed by atoms with Gasteiger partial charge in [0.15, 0.2) is 0 Å². The standard InChI is InChI=1S/C15H14FNOS/c1-19-14-8-2-11(3-9-14)10-15(18)17-13-6-4-12(16)5-7-13/h2-9H,10H2,1H3,(H,17,18). The Morgan fingerprint density at radius 1 is 1.11 bits per heavy atom. The maximum atomic E-state index is 12.7. The van der Waals surface area contributed by atoms with Crippen molar-refractivity contribution in [1.82, 2.24) is 0 Å². The van der Waals surface area contributed by atoms with E-state index in [0.29, 0.717) is 12.1 Å². The van der Waals surface area contributed by atoms with Gasteiger partial charge < -0.3 is 5.32 Å². The van der Waals surface area contributed by atoms with Crippen molar-refractivity contribution >= 4 is 23.4 Å². The van der Waals surface area contributed by atoms with Crippen molar-refractivity contribution in [3.8, 4) is 0 Å². The molecule has 0 saturated heterocycles. The van der Waals surface area contributed by atoms with E-state index in [1.807, 2.05) is 30.5 Å². The average Bonchev–Trinajstić information content (AvgIpc) is 2.42. The van der Waals surface area contributed by atoms with E-state index in [1.165, 1.54) is 17.0 Å². The number of carbonyl (C=O) groups is 1. The lowest BCUT2D eigenvalue weighted by Crippen LogP contribution is -2.14. The summed E-state index contributed by atoms with van der Waals surface area (Å²) in [5.74, 6) is -0.422. The molecule has 0 atom stereocenters. The van der Waals surface area contributed by atoms with E-state index < -0.39 is 0 Å². The van der Waals surface area contributed by atoms with Crippen LogP contribution in [-0.4, -0.2) is 12.2 Å². The fraction of sp³-hybridized carbons (Fsp3) is 0.133. The molecule has 4 heteroatoms. The number of carbonyl (C=O) groups excluding carboxylic acids is 1. The number of anilines is 1. The van der Waals surface area contributed by atoms with Gasteiger partial charge in [-0.3, -0.25) is 4.79 Å². The van der Waals surface area contributed by atoms with E-state index in [0.717, 1.165) is 5.56 Å². The molecule has 2 aromatic carbocycles. The zero-order chi connectivity index (χ0) is 13.7. The summed E-state index contributed by atoms with van der Waals surface area (Å²) in [6.45, 7) is 0. The fourth-order valence-corrected chi connectivity index (χ4v) is 2.08. The van der Waals surface area contributed by atoms with Crippen LogP contribution >= 0.6 is 11.8 Å². The lowest BCUT2D eigenvalue weighted by atomic mass is 10.1. The molecule has 98 valence electrons. The molecule has 2 nitrogen and oxygen atoms in total. The first-order valence-electron chi connectivity index (χ1n) is 5.86. The number of hydrogen-bond acceptors (Lipinski definition) is 2. The van der Waals surface area contributed by atoms with Crippen LogP contribution in [0.5, 0.6) is 0 Å². The summed E-state index contributed by atoms with van der Waals surface area (Å²) < 4.78 is 12.7. The molecule has 0 fully saturated rings. The Kier molecular flexibility index (Phi) is 4.58. The molecule has 0 bridgehead atoms. The first-order valence-corrected chi connectivity index (χ1v) is 7.08. The topological polar surface area (TPSA) is 29.1 Å². The predicted octanol–water partition coefficient (Wildman–Crippen LogP) is 3.73. The summed E-state index contributed by atoms with van der Waals surface area (Å²) >= 11 is 1.66. The second kappa shape index (κ2) is 6.38.